The van der Waals surface area contributed by atoms with Crippen molar-refractivity contribution in [1.29, 1.82) is 5.26 Å². The average Bonchev–Trinajstić information content (AvgIpc) is 2.73. The molecule has 2 aromatic rings. The summed E-state index contributed by atoms with van der Waals surface area (Å²) in [7, 11) is 1.41. The molecular formula is C21H22N4O4. The molecule has 0 spiro atoms. The molecule has 150 valence electrons. The third-order valence-corrected chi connectivity index (χ3v) is 4.16. The minimum Gasteiger partial charge on any atom is -0.495 e. The van der Waals surface area contributed by atoms with Crippen LogP contribution >= 0.6 is 0 Å². The normalized spacial score (nSPS) is 10.7. The number of unbranched alkanes of at least 4 members (excludes halogenated alkanes) is 1. The molecule has 8 heteroatoms. The Morgan fingerprint density at radius 2 is 2.00 bits per heavy atom. The molecule has 0 bridgehead atoms. The van der Waals surface area contributed by atoms with E-state index in [0.717, 1.165) is 19.3 Å². The van der Waals surface area contributed by atoms with Crippen LogP contribution in [-0.4, -0.2) is 17.9 Å². The van der Waals surface area contributed by atoms with Gasteiger partial charge in [0.1, 0.15) is 17.4 Å². The minimum atomic E-state index is -0.592. The molecule has 0 aromatic heterocycles. The highest BCUT2D eigenvalue weighted by Gasteiger charge is 2.13. The van der Waals surface area contributed by atoms with Crippen molar-refractivity contribution < 1.29 is 14.5 Å². The summed E-state index contributed by atoms with van der Waals surface area (Å²) in [4.78, 5) is 22.8. The van der Waals surface area contributed by atoms with Crippen LogP contribution in [0.15, 0.2) is 54.2 Å². The van der Waals surface area contributed by atoms with Gasteiger partial charge in [0.15, 0.2) is 0 Å². The largest absolute Gasteiger partial charge is 0.495 e. The summed E-state index contributed by atoms with van der Waals surface area (Å²) in [5.74, 6) is -0.252. The second-order valence-electron chi connectivity index (χ2n) is 6.21. The number of aryl methyl sites for hydroxylation is 1. The van der Waals surface area contributed by atoms with E-state index >= 15 is 0 Å². The van der Waals surface area contributed by atoms with E-state index in [1.54, 1.807) is 12.1 Å². The van der Waals surface area contributed by atoms with E-state index in [1.165, 1.54) is 37.1 Å². The molecule has 1 amide bonds. The maximum Gasteiger partial charge on any atom is 0.271 e. The quantitative estimate of drug-likeness (QED) is 0.282. The van der Waals surface area contributed by atoms with Crippen LogP contribution in [-0.2, 0) is 11.2 Å². The van der Waals surface area contributed by atoms with Gasteiger partial charge in [-0.25, -0.2) is 0 Å². The van der Waals surface area contributed by atoms with Crippen LogP contribution in [0.1, 0.15) is 25.3 Å². The van der Waals surface area contributed by atoms with Crippen LogP contribution < -0.4 is 15.4 Å². The van der Waals surface area contributed by atoms with E-state index in [1.807, 2.05) is 18.2 Å². The van der Waals surface area contributed by atoms with E-state index in [2.05, 4.69) is 17.6 Å². The molecule has 2 aromatic carbocycles. The van der Waals surface area contributed by atoms with Crippen LogP contribution in [0.2, 0.25) is 0 Å². The summed E-state index contributed by atoms with van der Waals surface area (Å²) in [6.07, 6.45) is 4.37. The van der Waals surface area contributed by atoms with Gasteiger partial charge in [0, 0.05) is 24.0 Å². The number of benzene rings is 2. The lowest BCUT2D eigenvalue weighted by Gasteiger charge is -2.09. The average molecular weight is 394 g/mol. The number of ether oxygens (including phenoxy) is 1. The standard InChI is InChI=1S/C21H22N4O4/c1-3-4-5-15-6-8-17(9-7-15)24-21(26)16(13-22)14-23-19-12-18(25(27)28)10-11-20(19)29-2/h6-12,14,23H,3-5H2,1-2H3,(H,24,26)/b16-14-. The first-order chi connectivity index (χ1) is 14.0. The Morgan fingerprint density at radius 1 is 1.28 bits per heavy atom. The van der Waals surface area contributed by atoms with Gasteiger partial charge < -0.3 is 15.4 Å². The van der Waals surface area contributed by atoms with Gasteiger partial charge in [-0.3, -0.25) is 14.9 Å². The molecule has 0 unspecified atom stereocenters. The predicted molar refractivity (Wildman–Crippen MR) is 111 cm³/mol. The Bertz CT molecular complexity index is 946. The molecule has 29 heavy (non-hydrogen) atoms. The number of hydrogen-bond donors (Lipinski definition) is 2. The SMILES string of the molecule is CCCCc1ccc(NC(=O)/C(C#N)=C\Nc2cc([N+](=O)[O-])ccc2OC)cc1. The summed E-state index contributed by atoms with van der Waals surface area (Å²) < 4.78 is 5.14. The molecule has 2 N–H and O–H groups in total. The lowest BCUT2D eigenvalue weighted by molar-refractivity contribution is -0.384. The van der Waals surface area contributed by atoms with Crippen LogP contribution in [0, 0.1) is 21.4 Å². The number of methoxy groups -OCH3 is 1. The Labute approximate surface area is 169 Å². The fourth-order valence-electron chi connectivity index (χ4n) is 2.55. The molecule has 2 rings (SSSR count). The molecule has 0 aliphatic rings. The lowest BCUT2D eigenvalue weighted by atomic mass is 10.1. The molecule has 0 radical (unpaired) electrons. The number of carbonyl (C=O) groups is 1. The smallest absolute Gasteiger partial charge is 0.271 e. The van der Waals surface area contributed by atoms with Gasteiger partial charge >= 0.3 is 0 Å². The maximum atomic E-state index is 12.4. The first-order valence-corrected chi connectivity index (χ1v) is 9.08. The highest BCUT2D eigenvalue weighted by molar-refractivity contribution is 6.06. The third kappa shape index (κ3) is 6.07. The van der Waals surface area contributed by atoms with Gasteiger partial charge in [0.05, 0.1) is 17.7 Å². The maximum absolute atomic E-state index is 12.4. The van der Waals surface area contributed by atoms with Crippen molar-refractivity contribution in [2.45, 2.75) is 26.2 Å². The van der Waals surface area contributed by atoms with Gasteiger partial charge in [0.2, 0.25) is 0 Å². The summed E-state index contributed by atoms with van der Waals surface area (Å²) in [5.41, 5.74) is 1.69. The van der Waals surface area contributed by atoms with E-state index < -0.39 is 10.8 Å². The molecule has 8 nitrogen and oxygen atoms in total. The second-order valence-corrected chi connectivity index (χ2v) is 6.21. The summed E-state index contributed by atoms with van der Waals surface area (Å²) in [6.45, 7) is 2.13. The van der Waals surface area contributed by atoms with Crippen molar-refractivity contribution in [2.75, 3.05) is 17.7 Å². The Balaban J connectivity index is 2.11. The van der Waals surface area contributed by atoms with E-state index in [9.17, 15) is 20.2 Å². The number of nitro groups is 1. The zero-order valence-corrected chi connectivity index (χ0v) is 16.3. The summed E-state index contributed by atoms with van der Waals surface area (Å²) in [5, 5.41) is 25.6. The molecule has 0 heterocycles. The van der Waals surface area contributed by atoms with Crippen molar-refractivity contribution >= 4 is 23.0 Å². The van der Waals surface area contributed by atoms with Gasteiger partial charge in [-0.05, 0) is 36.6 Å². The highest BCUT2D eigenvalue weighted by atomic mass is 16.6. The number of non-ortho nitro benzene ring substituents is 1. The van der Waals surface area contributed by atoms with E-state index in [4.69, 9.17) is 4.74 Å². The first kappa shape index (κ1) is 21.4. The number of nitro benzene ring substituents is 1. The number of nitrogens with one attached hydrogen (secondary N) is 2. The monoisotopic (exact) mass is 394 g/mol. The highest BCUT2D eigenvalue weighted by Crippen LogP contribution is 2.29. The van der Waals surface area contributed by atoms with Crippen LogP contribution in [0.25, 0.3) is 0 Å². The number of nitriles is 1. The van der Waals surface area contributed by atoms with Crippen molar-refractivity contribution in [3.05, 3.63) is 69.9 Å². The second kappa shape index (κ2) is 10.5. The zero-order chi connectivity index (χ0) is 21.2. The van der Waals surface area contributed by atoms with Gasteiger partial charge in [-0.2, -0.15) is 5.26 Å². The number of anilines is 2. The first-order valence-electron chi connectivity index (χ1n) is 9.08. The Kier molecular flexibility index (Phi) is 7.74. The Hall–Kier alpha value is -3.86. The van der Waals surface area contributed by atoms with E-state index in [0.29, 0.717) is 11.4 Å². The van der Waals surface area contributed by atoms with Crippen molar-refractivity contribution in [1.82, 2.24) is 0 Å². The molecular weight excluding hydrogens is 372 g/mol. The number of rotatable bonds is 9. The minimum absolute atomic E-state index is 0.146. The topological polar surface area (TPSA) is 117 Å². The number of amides is 1. The van der Waals surface area contributed by atoms with Gasteiger partial charge in [-0.1, -0.05) is 25.5 Å². The molecule has 0 atom stereocenters. The molecule has 0 fully saturated rings. The van der Waals surface area contributed by atoms with Crippen LogP contribution in [0.4, 0.5) is 17.1 Å². The van der Waals surface area contributed by atoms with Gasteiger partial charge in [0.25, 0.3) is 11.6 Å². The van der Waals surface area contributed by atoms with Crippen LogP contribution in [0.3, 0.4) is 0 Å². The lowest BCUT2D eigenvalue weighted by Crippen LogP contribution is -2.14. The number of nitrogens with zero attached hydrogens (tertiary/aromatic N) is 2. The van der Waals surface area contributed by atoms with Crippen molar-refractivity contribution in [3.63, 3.8) is 0 Å². The Morgan fingerprint density at radius 3 is 2.59 bits per heavy atom. The van der Waals surface area contributed by atoms with Crippen molar-refractivity contribution in [2.24, 2.45) is 0 Å². The fraction of sp³-hybridized carbons (Fsp3) is 0.238. The number of hydrogen-bond acceptors (Lipinski definition) is 6. The van der Waals surface area contributed by atoms with Gasteiger partial charge in [-0.15, -0.1) is 0 Å². The zero-order valence-electron chi connectivity index (χ0n) is 16.3. The molecule has 0 saturated heterocycles. The predicted octanol–water partition coefficient (Wildman–Crippen LogP) is 4.40. The third-order valence-electron chi connectivity index (χ3n) is 4.16. The summed E-state index contributed by atoms with van der Waals surface area (Å²) >= 11 is 0. The van der Waals surface area contributed by atoms with Crippen molar-refractivity contribution in [3.8, 4) is 11.8 Å². The molecule has 0 aliphatic carbocycles. The van der Waals surface area contributed by atoms with Crippen LogP contribution in [0.5, 0.6) is 5.75 Å². The van der Waals surface area contributed by atoms with E-state index in [-0.39, 0.29) is 16.9 Å². The molecule has 0 aliphatic heterocycles. The summed E-state index contributed by atoms with van der Waals surface area (Å²) in [6, 6.07) is 13.3. The molecule has 0 saturated carbocycles. The number of carbonyl (C=O) groups excluding carboxylic acids is 1. The fourth-order valence-corrected chi connectivity index (χ4v) is 2.55.